The predicted molar refractivity (Wildman–Crippen MR) is 92.3 cm³/mol. The number of halogens is 2. The van der Waals surface area contributed by atoms with Crippen molar-refractivity contribution in [1.82, 2.24) is 0 Å². The normalized spacial score (nSPS) is 10.7. The van der Waals surface area contributed by atoms with E-state index in [4.69, 9.17) is 27.6 Å². The summed E-state index contributed by atoms with van der Waals surface area (Å²) in [5, 5.41) is 3.32. The Balaban J connectivity index is 2.35. The quantitative estimate of drug-likeness (QED) is 0.719. The maximum absolute atomic E-state index is 12.9. The van der Waals surface area contributed by atoms with Gasteiger partial charge in [-0.05, 0) is 18.2 Å². The van der Waals surface area contributed by atoms with Gasteiger partial charge >= 0.3 is 0 Å². The van der Waals surface area contributed by atoms with Crippen LogP contribution < -0.4 is 10.7 Å². The molecule has 0 aliphatic rings. The Morgan fingerprint density at radius 3 is 2.52 bits per heavy atom. The lowest BCUT2D eigenvalue weighted by Gasteiger charge is -2.11. The molecule has 0 saturated heterocycles. The topological polar surface area (TPSA) is 59.3 Å². The van der Waals surface area contributed by atoms with E-state index in [1.54, 1.807) is 48.5 Å². The van der Waals surface area contributed by atoms with E-state index in [2.05, 4.69) is 5.32 Å². The molecule has 1 aromatic heterocycles. The first-order chi connectivity index (χ1) is 11.1. The van der Waals surface area contributed by atoms with Crippen LogP contribution in [0, 0.1) is 0 Å². The van der Waals surface area contributed by atoms with Crippen LogP contribution in [-0.2, 0) is 4.79 Å². The number of amides is 1. The molecule has 2 aromatic carbocycles. The molecule has 1 amide bonds. The van der Waals surface area contributed by atoms with Crippen LogP contribution in [0.5, 0.6) is 0 Å². The van der Waals surface area contributed by atoms with Gasteiger partial charge in [0.15, 0.2) is 0 Å². The van der Waals surface area contributed by atoms with Crippen molar-refractivity contribution in [2.45, 2.75) is 0 Å². The standard InChI is InChI=1S/C17H11Cl2NO3/c18-9-14(21)20-17-15(10-5-1-3-7-12(10)19)16(22)11-6-2-4-8-13(11)23-17/h1-8H,9H2,(H,20,21). The molecule has 1 N–H and O–H groups in total. The smallest absolute Gasteiger partial charge is 0.241 e. The number of carbonyl (C=O) groups excluding carboxylic acids is 1. The Hall–Kier alpha value is -2.30. The summed E-state index contributed by atoms with van der Waals surface area (Å²) in [6.07, 6.45) is 0. The van der Waals surface area contributed by atoms with Gasteiger partial charge in [0.05, 0.1) is 10.9 Å². The number of nitrogens with one attached hydrogen (secondary N) is 1. The number of hydrogen-bond acceptors (Lipinski definition) is 3. The molecular formula is C17H11Cl2NO3. The van der Waals surface area contributed by atoms with Crippen molar-refractivity contribution >= 4 is 46.0 Å². The molecule has 0 saturated carbocycles. The second-order valence-corrected chi connectivity index (χ2v) is 5.47. The highest BCUT2D eigenvalue weighted by atomic mass is 35.5. The third-order valence-corrected chi connectivity index (χ3v) is 3.89. The SMILES string of the molecule is O=C(CCl)Nc1oc2ccccc2c(=O)c1-c1ccccc1Cl. The number of para-hydroxylation sites is 1. The molecule has 23 heavy (non-hydrogen) atoms. The Kier molecular flexibility index (Phi) is 4.37. The molecule has 0 aliphatic carbocycles. The molecule has 0 atom stereocenters. The summed E-state index contributed by atoms with van der Waals surface area (Å²) >= 11 is 11.7. The Morgan fingerprint density at radius 2 is 1.78 bits per heavy atom. The maximum atomic E-state index is 12.9. The van der Waals surface area contributed by atoms with Gasteiger partial charge in [0.25, 0.3) is 0 Å². The monoisotopic (exact) mass is 347 g/mol. The van der Waals surface area contributed by atoms with Crippen LogP contribution in [0.3, 0.4) is 0 Å². The van der Waals surface area contributed by atoms with Gasteiger partial charge in [0, 0.05) is 10.6 Å². The van der Waals surface area contributed by atoms with Gasteiger partial charge in [0.1, 0.15) is 11.5 Å². The molecule has 116 valence electrons. The second kappa shape index (κ2) is 6.44. The average Bonchev–Trinajstić information content (AvgIpc) is 2.56. The Morgan fingerprint density at radius 1 is 1.09 bits per heavy atom. The number of fused-ring (bicyclic) bond motifs is 1. The second-order valence-electron chi connectivity index (χ2n) is 4.79. The van der Waals surface area contributed by atoms with Gasteiger partial charge in [-0.1, -0.05) is 41.9 Å². The van der Waals surface area contributed by atoms with E-state index >= 15 is 0 Å². The molecule has 0 aliphatic heterocycles. The molecule has 0 radical (unpaired) electrons. The van der Waals surface area contributed by atoms with Crippen molar-refractivity contribution in [3.63, 3.8) is 0 Å². The van der Waals surface area contributed by atoms with Gasteiger partial charge in [-0.25, -0.2) is 0 Å². The van der Waals surface area contributed by atoms with Gasteiger partial charge < -0.3 is 4.42 Å². The van der Waals surface area contributed by atoms with Crippen LogP contribution in [0.25, 0.3) is 22.1 Å². The summed E-state index contributed by atoms with van der Waals surface area (Å²) < 4.78 is 5.71. The summed E-state index contributed by atoms with van der Waals surface area (Å²) in [5.41, 5.74) is 0.786. The van der Waals surface area contributed by atoms with E-state index < -0.39 is 5.91 Å². The van der Waals surface area contributed by atoms with E-state index in [1.807, 2.05) is 0 Å². The fraction of sp³-hybridized carbons (Fsp3) is 0.0588. The molecule has 1 heterocycles. The van der Waals surface area contributed by atoms with Gasteiger partial charge in [-0.3, -0.25) is 14.9 Å². The first kappa shape index (κ1) is 15.6. The summed E-state index contributed by atoms with van der Waals surface area (Å²) in [7, 11) is 0. The number of rotatable bonds is 3. The van der Waals surface area contributed by atoms with Gasteiger partial charge in [-0.15, -0.1) is 11.6 Å². The molecule has 3 rings (SSSR count). The zero-order valence-electron chi connectivity index (χ0n) is 11.8. The maximum Gasteiger partial charge on any atom is 0.241 e. The highest BCUT2D eigenvalue weighted by molar-refractivity contribution is 6.33. The van der Waals surface area contributed by atoms with Crippen LogP contribution in [-0.4, -0.2) is 11.8 Å². The van der Waals surface area contributed by atoms with Gasteiger partial charge in [0.2, 0.25) is 17.2 Å². The molecule has 0 fully saturated rings. The molecule has 0 bridgehead atoms. The fourth-order valence-corrected chi connectivity index (χ4v) is 2.60. The fourth-order valence-electron chi connectivity index (χ4n) is 2.30. The number of anilines is 1. The van der Waals surface area contributed by atoms with Crippen LogP contribution in [0.1, 0.15) is 0 Å². The summed E-state index contributed by atoms with van der Waals surface area (Å²) in [4.78, 5) is 24.5. The first-order valence-electron chi connectivity index (χ1n) is 6.78. The van der Waals surface area contributed by atoms with Crippen LogP contribution in [0.4, 0.5) is 5.88 Å². The Labute approximate surface area is 141 Å². The van der Waals surface area contributed by atoms with Crippen LogP contribution in [0.2, 0.25) is 5.02 Å². The minimum Gasteiger partial charge on any atom is -0.439 e. The van der Waals surface area contributed by atoms with Crippen molar-refractivity contribution in [2.75, 3.05) is 11.2 Å². The zero-order valence-corrected chi connectivity index (χ0v) is 13.3. The van der Waals surface area contributed by atoms with Crippen LogP contribution >= 0.6 is 23.2 Å². The highest BCUT2D eigenvalue weighted by Gasteiger charge is 2.19. The minimum atomic E-state index is -0.474. The third-order valence-electron chi connectivity index (χ3n) is 3.32. The van der Waals surface area contributed by atoms with Gasteiger partial charge in [-0.2, -0.15) is 0 Å². The lowest BCUT2D eigenvalue weighted by atomic mass is 10.0. The number of hydrogen-bond donors (Lipinski definition) is 1. The van der Waals surface area contributed by atoms with Crippen LogP contribution in [0.15, 0.2) is 57.7 Å². The lowest BCUT2D eigenvalue weighted by molar-refractivity contribution is -0.114. The number of alkyl halides is 1. The van der Waals surface area contributed by atoms with E-state index in [0.717, 1.165) is 0 Å². The molecule has 6 heteroatoms. The van der Waals surface area contributed by atoms with Crippen molar-refractivity contribution in [3.05, 3.63) is 63.8 Å². The van der Waals surface area contributed by atoms with Crippen molar-refractivity contribution in [2.24, 2.45) is 0 Å². The number of benzene rings is 2. The summed E-state index contributed by atoms with van der Waals surface area (Å²) in [5.74, 6) is -0.691. The zero-order chi connectivity index (χ0) is 16.4. The van der Waals surface area contributed by atoms with E-state index in [1.165, 1.54) is 0 Å². The predicted octanol–water partition coefficient (Wildman–Crippen LogP) is 4.29. The molecule has 4 nitrogen and oxygen atoms in total. The molecule has 0 unspecified atom stereocenters. The first-order valence-corrected chi connectivity index (χ1v) is 7.69. The summed E-state index contributed by atoms with van der Waals surface area (Å²) in [6.45, 7) is 0. The lowest BCUT2D eigenvalue weighted by Crippen LogP contribution is -2.17. The molecule has 3 aromatic rings. The van der Waals surface area contributed by atoms with E-state index in [0.29, 0.717) is 21.6 Å². The highest BCUT2D eigenvalue weighted by Crippen LogP contribution is 2.33. The molecule has 0 spiro atoms. The van der Waals surface area contributed by atoms with Crippen molar-refractivity contribution < 1.29 is 9.21 Å². The molecular weight excluding hydrogens is 337 g/mol. The Bertz CT molecular complexity index is 950. The van der Waals surface area contributed by atoms with Crippen molar-refractivity contribution in [3.8, 4) is 11.1 Å². The largest absolute Gasteiger partial charge is 0.439 e. The van der Waals surface area contributed by atoms with E-state index in [9.17, 15) is 9.59 Å². The number of carbonyl (C=O) groups is 1. The van der Waals surface area contributed by atoms with Crippen molar-refractivity contribution in [1.29, 1.82) is 0 Å². The minimum absolute atomic E-state index is 0.0347. The summed E-state index contributed by atoms with van der Waals surface area (Å²) in [6, 6.07) is 13.7. The average molecular weight is 348 g/mol. The van der Waals surface area contributed by atoms with E-state index in [-0.39, 0.29) is 22.8 Å². The third kappa shape index (κ3) is 2.96.